The second kappa shape index (κ2) is 3.83. The van der Waals surface area contributed by atoms with Crippen molar-refractivity contribution in [2.45, 2.75) is 26.7 Å². The summed E-state index contributed by atoms with van der Waals surface area (Å²) >= 11 is 0. The van der Waals surface area contributed by atoms with Gasteiger partial charge in [0.05, 0.1) is 0 Å². The maximum Gasteiger partial charge on any atom is -0.0154 e. The van der Waals surface area contributed by atoms with Crippen molar-refractivity contribution < 1.29 is 0 Å². The van der Waals surface area contributed by atoms with Crippen LogP contribution in [0.3, 0.4) is 0 Å². The second-order valence-corrected chi connectivity index (χ2v) is 3.80. The zero-order chi connectivity index (χ0) is 9.97. The van der Waals surface area contributed by atoms with Gasteiger partial charge in [-0.1, -0.05) is 48.9 Å². The molecule has 0 saturated heterocycles. The first-order chi connectivity index (χ1) is 6.81. The normalized spacial score (nSPS) is 15.3. The molecular weight excluding hydrogens is 168 g/mol. The van der Waals surface area contributed by atoms with Gasteiger partial charge in [-0.25, -0.2) is 0 Å². The van der Waals surface area contributed by atoms with Gasteiger partial charge in [0.2, 0.25) is 0 Å². The molecule has 14 heavy (non-hydrogen) atoms. The lowest BCUT2D eigenvalue weighted by Gasteiger charge is -2.06. The van der Waals surface area contributed by atoms with Crippen molar-refractivity contribution in [3.63, 3.8) is 0 Å². The Kier molecular flexibility index (Phi) is 2.53. The van der Waals surface area contributed by atoms with Crippen molar-refractivity contribution in [2.75, 3.05) is 0 Å². The molecule has 0 saturated carbocycles. The maximum atomic E-state index is 2.33. The number of rotatable bonds is 2. The quantitative estimate of drug-likeness (QED) is 0.648. The van der Waals surface area contributed by atoms with Gasteiger partial charge >= 0.3 is 0 Å². The summed E-state index contributed by atoms with van der Waals surface area (Å²) in [5.41, 5.74) is 5.62. The summed E-state index contributed by atoms with van der Waals surface area (Å²) in [5, 5.41) is 0. The summed E-state index contributed by atoms with van der Waals surface area (Å²) in [6.07, 6.45) is 6.89. The first-order valence-electron chi connectivity index (χ1n) is 5.28. The summed E-state index contributed by atoms with van der Waals surface area (Å²) in [5.74, 6) is 0. The molecule has 0 atom stereocenters. The first-order valence-corrected chi connectivity index (χ1v) is 5.28. The third-order valence-corrected chi connectivity index (χ3v) is 2.78. The molecule has 1 aromatic rings. The van der Waals surface area contributed by atoms with Crippen LogP contribution in [0.25, 0.3) is 5.57 Å². The Bertz CT molecular complexity index is 377. The lowest BCUT2D eigenvalue weighted by Crippen LogP contribution is -1.85. The van der Waals surface area contributed by atoms with E-state index in [0.717, 1.165) is 12.8 Å². The van der Waals surface area contributed by atoms with Gasteiger partial charge in [0.25, 0.3) is 0 Å². The van der Waals surface area contributed by atoms with Gasteiger partial charge in [0.15, 0.2) is 0 Å². The zero-order valence-electron chi connectivity index (χ0n) is 8.88. The Morgan fingerprint density at radius 2 is 1.79 bits per heavy atom. The van der Waals surface area contributed by atoms with E-state index in [1.807, 2.05) is 0 Å². The van der Waals surface area contributed by atoms with Crippen LogP contribution >= 0.6 is 0 Å². The highest BCUT2D eigenvalue weighted by Gasteiger charge is 2.09. The van der Waals surface area contributed by atoms with Crippen molar-refractivity contribution in [1.82, 2.24) is 0 Å². The standard InChI is InChI=1S/C14H16/c1-3-12-5-4-6-14(12)13-9-7-11(2)8-10-13/h5-10H,3-4H2,1-2H3. The van der Waals surface area contributed by atoms with Crippen molar-refractivity contribution in [3.05, 3.63) is 53.1 Å². The van der Waals surface area contributed by atoms with Gasteiger partial charge in [0, 0.05) is 0 Å². The molecule has 0 spiro atoms. The summed E-state index contributed by atoms with van der Waals surface area (Å²) in [7, 11) is 0. The van der Waals surface area contributed by atoms with Crippen molar-refractivity contribution >= 4 is 5.57 Å². The Balaban J connectivity index is 2.32. The average molecular weight is 184 g/mol. The van der Waals surface area contributed by atoms with Crippen LogP contribution in [-0.4, -0.2) is 0 Å². The van der Waals surface area contributed by atoms with Crippen LogP contribution < -0.4 is 0 Å². The van der Waals surface area contributed by atoms with Crippen LogP contribution in [0, 0.1) is 6.92 Å². The number of benzene rings is 1. The van der Waals surface area contributed by atoms with E-state index in [4.69, 9.17) is 0 Å². The average Bonchev–Trinajstić information content (AvgIpc) is 2.67. The van der Waals surface area contributed by atoms with Crippen LogP contribution in [0.2, 0.25) is 0 Å². The molecule has 0 bridgehead atoms. The number of hydrogen-bond acceptors (Lipinski definition) is 0. The minimum Gasteiger partial charge on any atom is -0.0769 e. The number of hydrogen-bond donors (Lipinski definition) is 0. The van der Waals surface area contributed by atoms with Crippen molar-refractivity contribution in [2.24, 2.45) is 0 Å². The zero-order valence-corrected chi connectivity index (χ0v) is 8.88. The largest absolute Gasteiger partial charge is 0.0769 e. The van der Waals surface area contributed by atoms with Gasteiger partial charge in [-0.2, -0.15) is 0 Å². The van der Waals surface area contributed by atoms with Crippen LogP contribution in [-0.2, 0) is 0 Å². The fraction of sp³-hybridized carbons (Fsp3) is 0.286. The molecule has 0 fully saturated rings. The molecule has 2 rings (SSSR count). The summed E-state index contributed by atoms with van der Waals surface area (Å²) in [6, 6.07) is 8.80. The molecule has 1 aliphatic rings. The molecular formula is C14H16. The minimum absolute atomic E-state index is 1.10. The Labute approximate surface area is 86.0 Å². The molecule has 0 nitrogen and oxygen atoms in total. The van der Waals surface area contributed by atoms with E-state index in [9.17, 15) is 0 Å². The fourth-order valence-electron chi connectivity index (χ4n) is 1.93. The van der Waals surface area contributed by atoms with Gasteiger partial charge in [0.1, 0.15) is 0 Å². The molecule has 0 heteroatoms. The van der Waals surface area contributed by atoms with Crippen molar-refractivity contribution in [3.8, 4) is 0 Å². The molecule has 0 radical (unpaired) electrons. The van der Waals surface area contributed by atoms with E-state index in [1.165, 1.54) is 22.3 Å². The third-order valence-electron chi connectivity index (χ3n) is 2.78. The molecule has 1 aliphatic carbocycles. The molecule has 0 unspecified atom stereocenters. The Morgan fingerprint density at radius 3 is 2.43 bits per heavy atom. The lowest BCUT2D eigenvalue weighted by atomic mass is 9.98. The summed E-state index contributed by atoms with van der Waals surface area (Å²) < 4.78 is 0. The lowest BCUT2D eigenvalue weighted by molar-refractivity contribution is 1.16. The highest BCUT2D eigenvalue weighted by molar-refractivity contribution is 5.81. The van der Waals surface area contributed by atoms with E-state index >= 15 is 0 Å². The highest BCUT2D eigenvalue weighted by Crippen LogP contribution is 2.30. The van der Waals surface area contributed by atoms with Gasteiger partial charge < -0.3 is 0 Å². The highest BCUT2D eigenvalue weighted by atomic mass is 14.1. The van der Waals surface area contributed by atoms with E-state index in [1.54, 1.807) is 0 Å². The van der Waals surface area contributed by atoms with Crippen LogP contribution in [0.1, 0.15) is 30.9 Å². The molecule has 1 aromatic carbocycles. The monoisotopic (exact) mass is 184 g/mol. The van der Waals surface area contributed by atoms with E-state index in [2.05, 4.69) is 50.3 Å². The predicted octanol–water partition coefficient (Wildman–Crippen LogP) is 4.12. The van der Waals surface area contributed by atoms with Gasteiger partial charge in [-0.15, -0.1) is 0 Å². The van der Waals surface area contributed by atoms with E-state index < -0.39 is 0 Å². The molecule has 0 N–H and O–H groups in total. The maximum absolute atomic E-state index is 2.33. The summed E-state index contributed by atoms with van der Waals surface area (Å²) in [4.78, 5) is 0. The Morgan fingerprint density at radius 1 is 1.07 bits per heavy atom. The second-order valence-electron chi connectivity index (χ2n) is 3.80. The van der Waals surface area contributed by atoms with Gasteiger partial charge in [-0.3, -0.25) is 0 Å². The Hall–Kier alpha value is -1.30. The van der Waals surface area contributed by atoms with Crippen LogP contribution in [0.4, 0.5) is 0 Å². The van der Waals surface area contributed by atoms with Crippen LogP contribution in [0.5, 0.6) is 0 Å². The van der Waals surface area contributed by atoms with Crippen LogP contribution in [0.15, 0.2) is 42.0 Å². The third kappa shape index (κ3) is 1.65. The van der Waals surface area contributed by atoms with Crippen molar-refractivity contribution in [1.29, 1.82) is 0 Å². The predicted molar refractivity (Wildman–Crippen MR) is 62.1 cm³/mol. The first kappa shape index (κ1) is 9.26. The smallest absolute Gasteiger partial charge is 0.0154 e. The molecule has 72 valence electrons. The van der Waals surface area contributed by atoms with E-state index in [-0.39, 0.29) is 0 Å². The number of aryl methyl sites for hydroxylation is 1. The topological polar surface area (TPSA) is 0 Å². The number of allylic oxidation sites excluding steroid dienone is 4. The minimum atomic E-state index is 1.10. The fourth-order valence-corrected chi connectivity index (χ4v) is 1.93. The SMILES string of the molecule is CCC1=CCC=C1c1ccc(C)cc1. The molecule has 0 amide bonds. The summed E-state index contributed by atoms with van der Waals surface area (Å²) in [6.45, 7) is 4.35. The molecule has 0 aromatic heterocycles. The van der Waals surface area contributed by atoms with E-state index in [0.29, 0.717) is 0 Å². The molecule has 0 aliphatic heterocycles. The van der Waals surface area contributed by atoms with Gasteiger partial charge in [-0.05, 0) is 36.5 Å². The molecule has 0 heterocycles.